The highest BCUT2D eigenvalue weighted by Crippen LogP contribution is 2.25. The Morgan fingerprint density at radius 2 is 2.20 bits per heavy atom. The zero-order chi connectivity index (χ0) is 13.9. The molecule has 1 aromatic carbocycles. The lowest BCUT2D eigenvalue weighted by molar-refractivity contribution is 0.131. The number of nitrogens with one attached hydrogen (secondary N) is 1. The second-order valence-corrected chi connectivity index (χ2v) is 5.74. The molecule has 0 atom stereocenters. The van der Waals surface area contributed by atoms with Crippen LogP contribution in [-0.2, 0) is 6.42 Å². The molecule has 3 rings (SSSR count). The number of likely N-dealkylation sites (tertiary alicyclic amines) is 1. The van der Waals surface area contributed by atoms with Gasteiger partial charge in [0.15, 0.2) is 5.82 Å². The third-order valence-corrected chi connectivity index (χ3v) is 4.16. The van der Waals surface area contributed by atoms with Crippen molar-refractivity contribution in [3.63, 3.8) is 0 Å². The average Bonchev–Trinajstić information content (AvgIpc) is 2.88. The third kappa shape index (κ3) is 2.85. The first kappa shape index (κ1) is 13.2. The maximum absolute atomic E-state index is 11.9. The minimum atomic E-state index is -0.123. The number of nitrogens with zero attached hydrogens (tertiary/aromatic N) is 2. The van der Waals surface area contributed by atoms with Crippen LogP contribution in [0.2, 0.25) is 0 Å². The Balaban J connectivity index is 1.49. The number of carbonyl (C=O) groups is 1. The zero-order valence-electron chi connectivity index (χ0n) is 10.8. The molecule has 104 valence electrons. The highest BCUT2D eigenvalue weighted by molar-refractivity contribution is 9.10. The van der Waals surface area contributed by atoms with E-state index in [0.29, 0.717) is 11.7 Å². The molecule has 0 bridgehead atoms. The summed E-state index contributed by atoms with van der Waals surface area (Å²) in [5.74, 6) is 0.959. The number of hydrogen-bond donors (Lipinski definition) is 1. The van der Waals surface area contributed by atoms with Crippen LogP contribution in [0.25, 0.3) is 0 Å². The molecule has 1 aliphatic rings. The molecule has 1 aromatic heterocycles. The molecule has 1 fully saturated rings. The number of hydrogen-bond acceptors (Lipinski definition) is 3. The summed E-state index contributed by atoms with van der Waals surface area (Å²) in [6, 6.07) is 9.70. The molecule has 0 saturated carbocycles. The lowest BCUT2D eigenvalue weighted by Crippen LogP contribution is -2.52. The number of anilines is 1. The number of aromatic nitrogens is 1. The maximum atomic E-state index is 11.9. The van der Waals surface area contributed by atoms with Crippen LogP contribution in [0.15, 0.2) is 45.6 Å². The van der Waals surface area contributed by atoms with Crippen molar-refractivity contribution in [1.82, 2.24) is 10.1 Å². The van der Waals surface area contributed by atoms with Crippen LogP contribution in [0.1, 0.15) is 5.56 Å². The van der Waals surface area contributed by atoms with Crippen molar-refractivity contribution in [2.75, 3.05) is 18.4 Å². The molecule has 2 heterocycles. The SMILES string of the molecule is O=C(Nc1ccon1)N1CC(Cc2ccccc2Br)C1. The standard InChI is InChI=1S/C14H14BrN3O2/c15-12-4-2-1-3-11(12)7-10-8-18(9-10)14(19)16-13-5-6-20-17-13/h1-6,10H,7-9H2,(H,16,17,19). The van der Waals surface area contributed by atoms with Gasteiger partial charge in [-0.05, 0) is 24.0 Å². The van der Waals surface area contributed by atoms with Gasteiger partial charge in [-0.1, -0.05) is 39.3 Å². The van der Waals surface area contributed by atoms with Crippen LogP contribution >= 0.6 is 15.9 Å². The van der Waals surface area contributed by atoms with Gasteiger partial charge in [0.25, 0.3) is 0 Å². The van der Waals surface area contributed by atoms with E-state index in [1.807, 2.05) is 18.2 Å². The van der Waals surface area contributed by atoms with Crippen LogP contribution in [0.5, 0.6) is 0 Å². The van der Waals surface area contributed by atoms with E-state index in [1.165, 1.54) is 11.8 Å². The lowest BCUT2D eigenvalue weighted by atomic mass is 9.92. The summed E-state index contributed by atoms with van der Waals surface area (Å²) in [5, 5.41) is 6.35. The Morgan fingerprint density at radius 3 is 2.90 bits per heavy atom. The van der Waals surface area contributed by atoms with Gasteiger partial charge in [-0.2, -0.15) is 0 Å². The molecule has 0 aliphatic carbocycles. The summed E-state index contributed by atoms with van der Waals surface area (Å²) in [4.78, 5) is 13.7. The Kier molecular flexibility index (Phi) is 3.73. The van der Waals surface area contributed by atoms with E-state index >= 15 is 0 Å². The number of halogens is 1. The fourth-order valence-electron chi connectivity index (χ4n) is 2.31. The van der Waals surface area contributed by atoms with E-state index in [9.17, 15) is 4.79 Å². The fraction of sp³-hybridized carbons (Fsp3) is 0.286. The summed E-state index contributed by atoms with van der Waals surface area (Å²) in [6.45, 7) is 1.54. The van der Waals surface area contributed by atoms with Gasteiger partial charge in [-0.15, -0.1) is 0 Å². The summed E-state index contributed by atoms with van der Waals surface area (Å²) in [7, 11) is 0. The van der Waals surface area contributed by atoms with Crippen molar-refractivity contribution in [3.05, 3.63) is 46.6 Å². The van der Waals surface area contributed by atoms with Crippen LogP contribution in [0.3, 0.4) is 0 Å². The Hall–Kier alpha value is -1.82. The zero-order valence-corrected chi connectivity index (χ0v) is 12.3. The van der Waals surface area contributed by atoms with Crippen molar-refractivity contribution < 1.29 is 9.32 Å². The number of rotatable bonds is 3. The number of benzene rings is 1. The summed E-state index contributed by atoms with van der Waals surface area (Å²) in [5.41, 5.74) is 1.29. The molecular formula is C14H14BrN3O2. The van der Waals surface area contributed by atoms with Gasteiger partial charge < -0.3 is 9.42 Å². The molecule has 1 N–H and O–H groups in total. The van der Waals surface area contributed by atoms with E-state index in [1.54, 1.807) is 11.0 Å². The van der Waals surface area contributed by atoms with E-state index in [4.69, 9.17) is 0 Å². The topological polar surface area (TPSA) is 58.4 Å². The van der Waals surface area contributed by atoms with Crippen LogP contribution in [0, 0.1) is 5.92 Å². The predicted octanol–water partition coefficient (Wildman–Crippen LogP) is 3.14. The van der Waals surface area contributed by atoms with Crippen molar-refractivity contribution in [2.24, 2.45) is 5.92 Å². The first-order valence-electron chi connectivity index (χ1n) is 6.42. The van der Waals surface area contributed by atoms with Crippen molar-refractivity contribution >= 4 is 27.8 Å². The lowest BCUT2D eigenvalue weighted by Gasteiger charge is -2.39. The Morgan fingerprint density at radius 1 is 1.40 bits per heavy atom. The van der Waals surface area contributed by atoms with Crippen LogP contribution in [-0.4, -0.2) is 29.2 Å². The van der Waals surface area contributed by atoms with E-state index in [2.05, 4.69) is 37.0 Å². The second-order valence-electron chi connectivity index (χ2n) is 4.88. The number of amides is 2. The molecule has 5 nitrogen and oxygen atoms in total. The molecular weight excluding hydrogens is 322 g/mol. The van der Waals surface area contributed by atoms with Crippen molar-refractivity contribution in [1.29, 1.82) is 0 Å². The first-order chi connectivity index (χ1) is 9.72. The molecule has 1 saturated heterocycles. The molecule has 0 unspecified atom stereocenters. The minimum Gasteiger partial charge on any atom is -0.363 e. The summed E-state index contributed by atoms with van der Waals surface area (Å²) in [6.07, 6.45) is 2.41. The molecule has 2 aromatic rings. The monoisotopic (exact) mass is 335 g/mol. The summed E-state index contributed by atoms with van der Waals surface area (Å²) < 4.78 is 5.80. The molecule has 0 spiro atoms. The highest BCUT2D eigenvalue weighted by Gasteiger charge is 2.31. The molecule has 6 heteroatoms. The van der Waals surface area contributed by atoms with Gasteiger partial charge in [0.05, 0.1) is 0 Å². The molecule has 1 aliphatic heterocycles. The number of urea groups is 1. The maximum Gasteiger partial charge on any atom is 0.323 e. The largest absolute Gasteiger partial charge is 0.363 e. The second kappa shape index (κ2) is 5.66. The minimum absolute atomic E-state index is 0.123. The number of carbonyl (C=O) groups excluding carboxylic acids is 1. The van der Waals surface area contributed by atoms with Crippen molar-refractivity contribution in [3.8, 4) is 0 Å². The molecule has 20 heavy (non-hydrogen) atoms. The third-order valence-electron chi connectivity index (χ3n) is 3.38. The Bertz CT molecular complexity index is 594. The molecule has 0 radical (unpaired) electrons. The van der Waals surface area contributed by atoms with Gasteiger partial charge >= 0.3 is 6.03 Å². The average molecular weight is 336 g/mol. The predicted molar refractivity (Wildman–Crippen MR) is 78.4 cm³/mol. The van der Waals surface area contributed by atoms with E-state index < -0.39 is 0 Å². The van der Waals surface area contributed by atoms with Gasteiger partial charge in [0, 0.05) is 23.6 Å². The van der Waals surface area contributed by atoms with E-state index in [-0.39, 0.29) is 6.03 Å². The van der Waals surface area contributed by atoms with E-state index in [0.717, 1.165) is 24.0 Å². The first-order valence-corrected chi connectivity index (χ1v) is 7.21. The van der Waals surface area contributed by atoms with Crippen molar-refractivity contribution in [2.45, 2.75) is 6.42 Å². The highest BCUT2D eigenvalue weighted by atomic mass is 79.9. The van der Waals surface area contributed by atoms with Crippen LogP contribution in [0.4, 0.5) is 10.6 Å². The Labute approximate surface area is 125 Å². The molecule has 2 amide bonds. The van der Waals surface area contributed by atoms with Gasteiger partial charge in [0.2, 0.25) is 0 Å². The quantitative estimate of drug-likeness (QED) is 0.937. The van der Waals surface area contributed by atoms with Gasteiger partial charge in [-0.3, -0.25) is 5.32 Å². The normalized spacial score (nSPS) is 14.9. The van der Waals surface area contributed by atoms with Crippen LogP contribution < -0.4 is 5.32 Å². The van der Waals surface area contributed by atoms with Gasteiger partial charge in [0.1, 0.15) is 6.26 Å². The van der Waals surface area contributed by atoms with Gasteiger partial charge in [-0.25, -0.2) is 4.79 Å². The smallest absolute Gasteiger partial charge is 0.323 e. The fourth-order valence-corrected chi connectivity index (χ4v) is 2.75. The summed E-state index contributed by atoms with van der Waals surface area (Å²) >= 11 is 3.55.